The Labute approximate surface area is 100 Å². The van der Waals surface area contributed by atoms with Crippen LogP contribution in [0.25, 0.3) is 0 Å². The van der Waals surface area contributed by atoms with Crippen molar-refractivity contribution in [3.8, 4) is 0 Å². The summed E-state index contributed by atoms with van der Waals surface area (Å²) in [4.78, 5) is 11.0. The van der Waals surface area contributed by atoms with Crippen LogP contribution >= 0.6 is 23.2 Å². The van der Waals surface area contributed by atoms with Gasteiger partial charge in [-0.05, 0) is 36.1 Å². The summed E-state index contributed by atoms with van der Waals surface area (Å²) in [6.45, 7) is 2.15. The summed E-state index contributed by atoms with van der Waals surface area (Å²) in [6.07, 6.45) is 4.35. The number of hydrogen-bond acceptors (Lipinski definition) is 1. The van der Waals surface area contributed by atoms with Crippen LogP contribution in [0.3, 0.4) is 0 Å². The van der Waals surface area contributed by atoms with Crippen molar-refractivity contribution < 1.29 is 4.79 Å². The van der Waals surface area contributed by atoms with Crippen LogP contribution in [0.4, 0.5) is 0 Å². The molecule has 0 unspecified atom stereocenters. The first-order valence-electron chi connectivity index (χ1n) is 5.14. The molecule has 0 N–H and O–H groups in total. The van der Waals surface area contributed by atoms with Crippen LogP contribution in [0.2, 0.25) is 5.02 Å². The fraction of sp³-hybridized carbons (Fsp3) is 0.417. The second kappa shape index (κ2) is 6.14. The van der Waals surface area contributed by atoms with Crippen LogP contribution in [-0.4, -0.2) is 5.24 Å². The Balaban J connectivity index is 2.80. The van der Waals surface area contributed by atoms with E-state index in [1.54, 1.807) is 6.07 Å². The van der Waals surface area contributed by atoms with Crippen molar-refractivity contribution in [2.24, 2.45) is 0 Å². The van der Waals surface area contributed by atoms with Gasteiger partial charge in [-0.3, -0.25) is 4.79 Å². The lowest BCUT2D eigenvalue weighted by Gasteiger charge is -2.06. The van der Waals surface area contributed by atoms with Crippen molar-refractivity contribution in [1.82, 2.24) is 0 Å². The molecule has 1 rings (SSSR count). The lowest BCUT2D eigenvalue weighted by molar-refractivity contribution is 0.108. The predicted molar refractivity (Wildman–Crippen MR) is 64.9 cm³/mol. The zero-order chi connectivity index (χ0) is 11.3. The van der Waals surface area contributed by atoms with Crippen molar-refractivity contribution in [3.63, 3.8) is 0 Å². The molecule has 0 aliphatic heterocycles. The molecule has 0 saturated heterocycles. The van der Waals surface area contributed by atoms with E-state index in [1.807, 2.05) is 12.1 Å². The van der Waals surface area contributed by atoms with Gasteiger partial charge < -0.3 is 0 Å². The predicted octanol–water partition coefficient (Wildman–Crippen LogP) is 4.45. The average Bonchev–Trinajstić information content (AvgIpc) is 2.20. The van der Waals surface area contributed by atoms with Gasteiger partial charge >= 0.3 is 0 Å². The molecule has 82 valence electrons. The van der Waals surface area contributed by atoms with Crippen molar-refractivity contribution in [2.75, 3.05) is 0 Å². The number of benzene rings is 1. The van der Waals surface area contributed by atoms with Gasteiger partial charge in [0.25, 0.3) is 5.24 Å². The summed E-state index contributed by atoms with van der Waals surface area (Å²) in [6, 6.07) is 5.42. The third-order valence-electron chi connectivity index (χ3n) is 2.34. The first-order chi connectivity index (χ1) is 7.16. The number of unbranched alkanes of at least 4 members (excludes halogenated alkanes) is 2. The molecule has 0 atom stereocenters. The minimum Gasteiger partial charge on any atom is -0.276 e. The Morgan fingerprint density at radius 1 is 1.33 bits per heavy atom. The van der Waals surface area contributed by atoms with E-state index in [0.29, 0.717) is 10.6 Å². The maximum absolute atomic E-state index is 11.0. The van der Waals surface area contributed by atoms with Crippen LogP contribution in [-0.2, 0) is 6.42 Å². The van der Waals surface area contributed by atoms with E-state index in [9.17, 15) is 4.79 Å². The highest BCUT2D eigenvalue weighted by Gasteiger charge is 2.10. The maximum atomic E-state index is 11.0. The second-order valence-corrected chi connectivity index (χ2v) is 4.23. The first-order valence-corrected chi connectivity index (χ1v) is 5.89. The van der Waals surface area contributed by atoms with E-state index in [-0.39, 0.29) is 0 Å². The Morgan fingerprint density at radius 2 is 2.07 bits per heavy atom. The minimum atomic E-state index is -0.489. The van der Waals surface area contributed by atoms with Crippen molar-refractivity contribution in [3.05, 3.63) is 34.3 Å². The third kappa shape index (κ3) is 3.51. The molecule has 0 heterocycles. The van der Waals surface area contributed by atoms with E-state index >= 15 is 0 Å². The molecule has 1 nitrogen and oxygen atoms in total. The monoisotopic (exact) mass is 244 g/mol. The highest BCUT2D eigenvalue weighted by Crippen LogP contribution is 2.24. The second-order valence-electron chi connectivity index (χ2n) is 3.51. The Kier molecular flexibility index (Phi) is 5.13. The Morgan fingerprint density at radius 3 is 2.67 bits per heavy atom. The highest BCUT2D eigenvalue weighted by atomic mass is 35.5. The highest BCUT2D eigenvalue weighted by molar-refractivity contribution is 6.68. The molecule has 1 aromatic carbocycles. The molecule has 0 fully saturated rings. The fourth-order valence-corrected chi connectivity index (χ4v) is 2.00. The van der Waals surface area contributed by atoms with Gasteiger partial charge in [-0.15, -0.1) is 0 Å². The lowest BCUT2D eigenvalue weighted by atomic mass is 10.0. The van der Waals surface area contributed by atoms with E-state index in [2.05, 4.69) is 6.92 Å². The molecule has 0 saturated carbocycles. The fourth-order valence-electron chi connectivity index (χ4n) is 1.49. The maximum Gasteiger partial charge on any atom is 0.253 e. The van der Waals surface area contributed by atoms with Crippen LogP contribution < -0.4 is 0 Å². The zero-order valence-corrected chi connectivity index (χ0v) is 10.2. The van der Waals surface area contributed by atoms with Gasteiger partial charge in [-0.1, -0.05) is 43.5 Å². The quantitative estimate of drug-likeness (QED) is 0.553. The minimum absolute atomic E-state index is 0.410. The molecule has 3 heteroatoms. The van der Waals surface area contributed by atoms with Crippen LogP contribution in [0.1, 0.15) is 42.1 Å². The van der Waals surface area contributed by atoms with Crippen molar-refractivity contribution in [2.45, 2.75) is 32.6 Å². The Hall–Kier alpha value is -0.530. The third-order valence-corrected chi connectivity index (χ3v) is 2.99. The van der Waals surface area contributed by atoms with Crippen molar-refractivity contribution in [1.29, 1.82) is 0 Å². The average molecular weight is 245 g/mol. The number of aryl methyl sites for hydroxylation is 1. The molecule has 0 aliphatic rings. The summed E-state index contributed by atoms with van der Waals surface area (Å²) < 4.78 is 0. The molecule has 15 heavy (non-hydrogen) atoms. The number of rotatable bonds is 5. The summed E-state index contributed by atoms with van der Waals surface area (Å²) in [5.74, 6) is 0. The smallest absolute Gasteiger partial charge is 0.253 e. The molecular weight excluding hydrogens is 231 g/mol. The van der Waals surface area contributed by atoms with E-state index in [1.165, 1.54) is 12.8 Å². The van der Waals surface area contributed by atoms with Gasteiger partial charge in [0.2, 0.25) is 0 Å². The van der Waals surface area contributed by atoms with Gasteiger partial charge in [-0.2, -0.15) is 0 Å². The van der Waals surface area contributed by atoms with Crippen LogP contribution in [0.15, 0.2) is 18.2 Å². The number of carbonyl (C=O) groups excluding carboxylic acids is 1. The zero-order valence-electron chi connectivity index (χ0n) is 8.72. The number of hydrogen-bond donors (Lipinski definition) is 0. The molecule has 0 radical (unpaired) electrons. The standard InChI is InChI=1S/C12H14Cl2O/c1-2-3-4-6-9-7-5-8-10(11(9)13)12(14)15/h5,7-8H,2-4,6H2,1H3. The molecule has 1 aromatic rings. The van der Waals surface area contributed by atoms with Crippen LogP contribution in [0, 0.1) is 0 Å². The van der Waals surface area contributed by atoms with Gasteiger partial charge in [0.05, 0.1) is 10.6 Å². The first kappa shape index (κ1) is 12.5. The summed E-state index contributed by atoms with van der Waals surface area (Å²) in [5.41, 5.74) is 1.42. The van der Waals surface area contributed by atoms with Gasteiger partial charge in [0.15, 0.2) is 0 Å². The van der Waals surface area contributed by atoms with Crippen LogP contribution in [0.5, 0.6) is 0 Å². The summed E-state index contributed by atoms with van der Waals surface area (Å²) in [7, 11) is 0. The normalized spacial score (nSPS) is 10.3. The summed E-state index contributed by atoms with van der Waals surface area (Å²) >= 11 is 11.5. The summed E-state index contributed by atoms with van der Waals surface area (Å²) in [5, 5.41) is 0.0194. The van der Waals surface area contributed by atoms with Crippen molar-refractivity contribution >= 4 is 28.4 Å². The van der Waals surface area contributed by atoms with E-state index in [0.717, 1.165) is 18.4 Å². The van der Waals surface area contributed by atoms with Gasteiger partial charge in [0.1, 0.15) is 0 Å². The SMILES string of the molecule is CCCCCc1cccc(C(=O)Cl)c1Cl. The molecule has 0 spiro atoms. The molecule has 0 aliphatic carbocycles. The molecular formula is C12H14Cl2O. The number of carbonyl (C=O) groups is 1. The molecule has 0 amide bonds. The Bertz CT molecular complexity index is 347. The number of halogens is 2. The van der Waals surface area contributed by atoms with E-state index < -0.39 is 5.24 Å². The largest absolute Gasteiger partial charge is 0.276 e. The molecule has 0 bridgehead atoms. The van der Waals surface area contributed by atoms with E-state index in [4.69, 9.17) is 23.2 Å². The van der Waals surface area contributed by atoms with Gasteiger partial charge in [-0.25, -0.2) is 0 Å². The molecule has 0 aromatic heterocycles. The van der Waals surface area contributed by atoms with Gasteiger partial charge in [0, 0.05) is 0 Å². The lowest BCUT2D eigenvalue weighted by Crippen LogP contribution is -1.95. The topological polar surface area (TPSA) is 17.1 Å².